The van der Waals surface area contributed by atoms with E-state index in [9.17, 15) is 4.57 Å². The van der Waals surface area contributed by atoms with E-state index in [1.54, 1.807) is 6.07 Å². The Morgan fingerprint density at radius 2 is 2.36 bits per heavy atom. The van der Waals surface area contributed by atoms with Gasteiger partial charge in [-0.2, -0.15) is 0 Å². The van der Waals surface area contributed by atoms with Gasteiger partial charge >= 0.3 is 0 Å². The topological polar surface area (TPSA) is 89.3 Å². The van der Waals surface area contributed by atoms with Gasteiger partial charge in [0.1, 0.15) is 0 Å². The Labute approximate surface area is 88.5 Å². The fourth-order valence-electron chi connectivity index (χ4n) is 0.892. The summed E-state index contributed by atoms with van der Waals surface area (Å²) in [6.45, 7) is 1.63. The summed E-state index contributed by atoms with van der Waals surface area (Å²) in [7, 11) is -2.94. The van der Waals surface area contributed by atoms with Gasteiger partial charge in [-0.1, -0.05) is 5.16 Å². The highest BCUT2D eigenvalue weighted by molar-refractivity contribution is 7.57. The van der Waals surface area contributed by atoms with E-state index >= 15 is 0 Å². The summed E-state index contributed by atoms with van der Waals surface area (Å²) < 4.78 is 15.8. The van der Waals surface area contributed by atoms with Gasteiger partial charge in [-0.05, 0) is 0 Å². The van der Waals surface area contributed by atoms with E-state index in [2.05, 4.69) is 5.16 Å². The number of hydrogen-bond donors (Lipinski definition) is 2. The number of halogens is 1. The Hall–Kier alpha value is -0.350. The van der Waals surface area contributed by atoms with Crippen LogP contribution in [0, 0.1) is 0 Å². The molecule has 82 valence electrons. The zero-order valence-electron chi connectivity index (χ0n) is 7.84. The Bertz CT molecular complexity index is 322. The minimum Gasteiger partial charge on any atom is -0.360 e. The second kappa shape index (κ2) is 5.51. The molecule has 1 aromatic heterocycles. The molecule has 1 heterocycles. The van der Waals surface area contributed by atoms with Crippen LogP contribution < -0.4 is 5.73 Å². The summed E-state index contributed by atoms with van der Waals surface area (Å²) >= 11 is 0. The van der Waals surface area contributed by atoms with Crippen molar-refractivity contribution in [2.45, 2.75) is 13.0 Å². The molecule has 0 fully saturated rings. The minimum absolute atomic E-state index is 0. The van der Waals surface area contributed by atoms with Gasteiger partial charge in [0, 0.05) is 25.3 Å². The van der Waals surface area contributed by atoms with Crippen LogP contribution in [0.4, 0.5) is 0 Å². The molecule has 5 nitrogen and oxygen atoms in total. The average molecular weight is 241 g/mol. The molecule has 14 heavy (non-hydrogen) atoms. The van der Waals surface area contributed by atoms with Gasteiger partial charge in [0.25, 0.3) is 0 Å². The standard InChI is InChI=1S/C7H13N2O3P.ClH/c1-13(10,11)3-2-6-4-7(5-8)12-9-6;/h4H,2-3,5,8H2,1H3,(H,10,11);1H. The zero-order valence-corrected chi connectivity index (χ0v) is 9.55. The van der Waals surface area contributed by atoms with Crippen molar-refractivity contribution < 1.29 is 14.0 Å². The molecule has 0 saturated heterocycles. The number of nitrogens with zero attached hydrogens (tertiary/aromatic N) is 1. The van der Waals surface area contributed by atoms with Gasteiger partial charge in [-0.15, -0.1) is 12.4 Å². The minimum atomic E-state index is -2.94. The molecule has 0 radical (unpaired) electrons. The van der Waals surface area contributed by atoms with E-state index in [0.717, 1.165) is 0 Å². The van der Waals surface area contributed by atoms with Crippen LogP contribution in [0.2, 0.25) is 0 Å². The van der Waals surface area contributed by atoms with Crippen LogP contribution >= 0.6 is 19.8 Å². The van der Waals surface area contributed by atoms with Gasteiger partial charge in [0.05, 0.1) is 12.2 Å². The molecule has 0 aromatic carbocycles. The fourth-order valence-corrected chi connectivity index (χ4v) is 1.54. The lowest BCUT2D eigenvalue weighted by Crippen LogP contribution is -1.94. The highest BCUT2D eigenvalue weighted by atomic mass is 35.5. The SMILES string of the molecule is CP(=O)(O)CCc1cc(CN)on1.Cl. The predicted octanol–water partition coefficient (Wildman–Crippen LogP) is 0.998. The van der Waals surface area contributed by atoms with E-state index in [1.165, 1.54) is 6.66 Å². The number of aromatic nitrogens is 1. The van der Waals surface area contributed by atoms with Crippen molar-refractivity contribution >= 4 is 19.8 Å². The average Bonchev–Trinajstić information content (AvgIpc) is 2.47. The third-order valence-corrected chi connectivity index (χ3v) is 2.65. The van der Waals surface area contributed by atoms with Crippen LogP contribution in [0.1, 0.15) is 11.5 Å². The highest BCUT2D eigenvalue weighted by Gasteiger charge is 2.11. The fraction of sp³-hybridized carbons (Fsp3) is 0.571. The molecule has 7 heteroatoms. The number of hydrogen-bond acceptors (Lipinski definition) is 4. The molecule has 1 rings (SSSR count). The summed E-state index contributed by atoms with van der Waals surface area (Å²) in [6.07, 6.45) is 0.678. The summed E-state index contributed by atoms with van der Waals surface area (Å²) in [5.41, 5.74) is 5.98. The lowest BCUT2D eigenvalue weighted by molar-refractivity contribution is 0.379. The second-order valence-electron chi connectivity index (χ2n) is 3.01. The number of aryl methyl sites for hydroxylation is 1. The number of nitrogens with two attached hydrogens (primary N) is 1. The lowest BCUT2D eigenvalue weighted by Gasteiger charge is -2.00. The van der Waals surface area contributed by atoms with Gasteiger partial charge in [-0.25, -0.2) is 0 Å². The molecule has 1 aromatic rings. The van der Waals surface area contributed by atoms with Crippen molar-refractivity contribution in [2.75, 3.05) is 12.8 Å². The Morgan fingerprint density at radius 1 is 1.71 bits per heavy atom. The molecule has 0 aliphatic heterocycles. The first kappa shape index (κ1) is 13.7. The van der Waals surface area contributed by atoms with E-state index < -0.39 is 7.37 Å². The Kier molecular flexibility index (Phi) is 5.37. The monoisotopic (exact) mass is 240 g/mol. The molecule has 0 aliphatic rings. The van der Waals surface area contributed by atoms with Gasteiger partial charge < -0.3 is 15.2 Å². The van der Waals surface area contributed by atoms with E-state index in [1.807, 2.05) is 0 Å². The van der Waals surface area contributed by atoms with Crippen molar-refractivity contribution in [3.8, 4) is 0 Å². The Balaban J connectivity index is 0.00000169. The lowest BCUT2D eigenvalue weighted by atomic mass is 10.3. The predicted molar refractivity (Wildman–Crippen MR) is 56.0 cm³/mol. The molecule has 1 atom stereocenters. The first-order valence-electron chi connectivity index (χ1n) is 3.95. The van der Waals surface area contributed by atoms with Gasteiger partial charge in [-0.3, -0.25) is 4.57 Å². The second-order valence-corrected chi connectivity index (χ2v) is 5.56. The maximum atomic E-state index is 10.9. The van der Waals surface area contributed by atoms with Crippen molar-refractivity contribution in [1.82, 2.24) is 5.16 Å². The molecule has 3 N–H and O–H groups in total. The van der Waals surface area contributed by atoms with Crippen molar-refractivity contribution in [1.29, 1.82) is 0 Å². The molecule has 0 amide bonds. The third kappa shape index (κ3) is 4.77. The van der Waals surface area contributed by atoms with E-state index in [0.29, 0.717) is 24.4 Å². The van der Waals surface area contributed by atoms with Gasteiger partial charge in [0.15, 0.2) is 13.1 Å². The van der Waals surface area contributed by atoms with Crippen LogP contribution in [0.15, 0.2) is 10.6 Å². The maximum Gasteiger partial charge on any atom is 0.198 e. The molecule has 0 bridgehead atoms. The molecule has 0 spiro atoms. The first-order valence-corrected chi connectivity index (χ1v) is 6.24. The largest absolute Gasteiger partial charge is 0.360 e. The van der Waals surface area contributed by atoms with Crippen LogP contribution in [0.25, 0.3) is 0 Å². The quantitative estimate of drug-likeness (QED) is 0.767. The summed E-state index contributed by atoms with van der Waals surface area (Å²) in [5.74, 6) is 0.596. The van der Waals surface area contributed by atoms with Crippen molar-refractivity contribution in [2.24, 2.45) is 5.73 Å². The third-order valence-electron chi connectivity index (χ3n) is 1.59. The number of rotatable bonds is 4. The first-order chi connectivity index (χ1) is 6.01. The van der Waals surface area contributed by atoms with Gasteiger partial charge in [0.2, 0.25) is 0 Å². The maximum absolute atomic E-state index is 10.9. The normalized spacial score (nSPS) is 14.5. The summed E-state index contributed by atoms with van der Waals surface area (Å²) in [5, 5.41) is 3.70. The Morgan fingerprint density at radius 3 is 2.79 bits per heavy atom. The van der Waals surface area contributed by atoms with Crippen molar-refractivity contribution in [3.05, 3.63) is 17.5 Å². The van der Waals surface area contributed by atoms with Crippen LogP contribution in [0.3, 0.4) is 0 Å². The molecular formula is C7H14ClN2O3P. The van der Waals surface area contributed by atoms with E-state index in [4.69, 9.17) is 15.2 Å². The van der Waals surface area contributed by atoms with Crippen molar-refractivity contribution in [3.63, 3.8) is 0 Å². The van der Waals surface area contributed by atoms with E-state index in [-0.39, 0.29) is 18.6 Å². The zero-order chi connectivity index (χ0) is 9.90. The van der Waals surface area contributed by atoms with Crippen LogP contribution in [-0.4, -0.2) is 22.9 Å². The molecule has 0 saturated carbocycles. The molecule has 1 unspecified atom stereocenters. The van der Waals surface area contributed by atoms with Crippen LogP contribution in [-0.2, 0) is 17.5 Å². The molecule has 0 aliphatic carbocycles. The molecular weight excluding hydrogens is 227 g/mol. The summed E-state index contributed by atoms with van der Waals surface area (Å²) in [4.78, 5) is 9.02. The van der Waals surface area contributed by atoms with Crippen LogP contribution in [0.5, 0.6) is 0 Å². The smallest absolute Gasteiger partial charge is 0.198 e. The highest BCUT2D eigenvalue weighted by Crippen LogP contribution is 2.35. The summed E-state index contributed by atoms with van der Waals surface area (Å²) in [6, 6.07) is 1.70.